The van der Waals surface area contributed by atoms with Crippen LogP contribution >= 0.6 is 0 Å². The van der Waals surface area contributed by atoms with E-state index < -0.39 is 5.82 Å². The van der Waals surface area contributed by atoms with Crippen molar-refractivity contribution in [3.63, 3.8) is 0 Å². The molecule has 1 rings (SSSR count). The van der Waals surface area contributed by atoms with Gasteiger partial charge < -0.3 is 11.1 Å². The molecule has 0 aliphatic heterocycles. The molecule has 0 aromatic heterocycles. The number of nitrogens with two attached hydrogens (primary N) is 1. The molecule has 4 heteroatoms. The number of benzene rings is 1. The summed E-state index contributed by atoms with van der Waals surface area (Å²) in [6.45, 7) is 6.26. The first-order valence-corrected chi connectivity index (χ1v) is 6.26. The number of hydrogen-bond donors (Lipinski definition) is 2. The topological polar surface area (TPSA) is 55.1 Å². The van der Waals surface area contributed by atoms with Crippen LogP contribution in [0.25, 0.3) is 0 Å². The first-order valence-electron chi connectivity index (χ1n) is 6.26. The van der Waals surface area contributed by atoms with E-state index in [1.165, 1.54) is 18.2 Å². The fourth-order valence-corrected chi connectivity index (χ4v) is 1.65. The van der Waals surface area contributed by atoms with E-state index in [0.29, 0.717) is 11.5 Å². The standard InChI is InChI=1S/C14H21FN2O/c1-9(2)4-5-10(3)17-14(18)11-6-7-12(15)13(16)8-11/h6-10H,4-5,16H2,1-3H3,(H,17,18). The second-order valence-corrected chi connectivity index (χ2v) is 5.08. The molecule has 0 heterocycles. The van der Waals surface area contributed by atoms with Crippen LogP contribution < -0.4 is 11.1 Å². The number of rotatable bonds is 5. The second-order valence-electron chi connectivity index (χ2n) is 5.08. The van der Waals surface area contributed by atoms with E-state index in [4.69, 9.17) is 5.73 Å². The van der Waals surface area contributed by atoms with Gasteiger partial charge in [0.05, 0.1) is 5.69 Å². The summed E-state index contributed by atoms with van der Waals surface area (Å²) >= 11 is 0. The molecule has 0 fully saturated rings. The highest BCUT2D eigenvalue weighted by Gasteiger charge is 2.11. The minimum atomic E-state index is -0.501. The Morgan fingerprint density at radius 2 is 2.00 bits per heavy atom. The van der Waals surface area contributed by atoms with Crippen LogP contribution in [-0.2, 0) is 0 Å². The van der Waals surface area contributed by atoms with Gasteiger partial charge in [0.15, 0.2) is 0 Å². The number of nitrogen functional groups attached to an aromatic ring is 1. The molecule has 0 aliphatic rings. The molecule has 0 saturated heterocycles. The molecule has 0 radical (unpaired) electrons. The van der Waals surface area contributed by atoms with E-state index in [0.717, 1.165) is 12.8 Å². The average molecular weight is 252 g/mol. The Labute approximate surface area is 108 Å². The second kappa shape index (κ2) is 6.38. The summed E-state index contributed by atoms with van der Waals surface area (Å²) in [6, 6.07) is 4.12. The summed E-state index contributed by atoms with van der Waals surface area (Å²) in [4.78, 5) is 11.9. The van der Waals surface area contributed by atoms with Gasteiger partial charge in [-0.1, -0.05) is 13.8 Å². The van der Waals surface area contributed by atoms with Gasteiger partial charge >= 0.3 is 0 Å². The van der Waals surface area contributed by atoms with Crippen molar-refractivity contribution in [2.75, 3.05) is 5.73 Å². The van der Waals surface area contributed by atoms with E-state index in [9.17, 15) is 9.18 Å². The lowest BCUT2D eigenvalue weighted by molar-refractivity contribution is 0.0937. The fraction of sp³-hybridized carbons (Fsp3) is 0.500. The Balaban J connectivity index is 2.56. The van der Waals surface area contributed by atoms with Gasteiger partial charge in [0.25, 0.3) is 5.91 Å². The third-order valence-electron chi connectivity index (χ3n) is 2.81. The van der Waals surface area contributed by atoms with Gasteiger partial charge in [-0.05, 0) is 43.9 Å². The number of carbonyl (C=O) groups excluding carboxylic acids is 1. The van der Waals surface area contributed by atoms with E-state index in [1.807, 2.05) is 6.92 Å². The molecule has 3 nitrogen and oxygen atoms in total. The first-order chi connectivity index (χ1) is 8.40. The maximum Gasteiger partial charge on any atom is 0.251 e. The summed E-state index contributed by atoms with van der Waals surface area (Å²) in [5.41, 5.74) is 5.82. The summed E-state index contributed by atoms with van der Waals surface area (Å²) < 4.78 is 13.0. The molecule has 1 unspecified atom stereocenters. The summed E-state index contributed by atoms with van der Waals surface area (Å²) in [6.07, 6.45) is 1.99. The van der Waals surface area contributed by atoms with Crippen LogP contribution in [-0.4, -0.2) is 11.9 Å². The van der Waals surface area contributed by atoms with Crippen molar-refractivity contribution in [2.45, 2.75) is 39.7 Å². The van der Waals surface area contributed by atoms with Crippen LogP contribution in [0.1, 0.15) is 44.0 Å². The molecule has 0 spiro atoms. The van der Waals surface area contributed by atoms with Gasteiger partial charge in [-0.15, -0.1) is 0 Å². The minimum Gasteiger partial charge on any atom is -0.396 e. The van der Waals surface area contributed by atoms with Crippen molar-refractivity contribution < 1.29 is 9.18 Å². The van der Waals surface area contributed by atoms with Crippen molar-refractivity contribution in [1.82, 2.24) is 5.32 Å². The van der Waals surface area contributed by atoms with Gasteiger partial charge in [-0.2, -0.15) is 0 Å². The van der Waals surface area contributed by atoms with E-state index in [-0.39, 0.29) is 17.6 Å². The Morgan fingerprint density at radius 1 is 1.33 bits per heavy atom. The zero-order valence-corrected chi connectivity index (χ0v) is 11.2. The molecule has 0 aliphatic carbocycles. The molecule has 0 saturated carbocycles. The molecule has 3 N–H and O–H groups in total. The maximum absolute atomic E-state index is 13.0. The number of amides is 1. The first kappa shape index (κ1) is 14.5. The Bertz CT molecular complexity index is 418. The molecule has 100 valence electrons. The van der Waals surface area contributed by atoms with Crippen molar-refractivity contribution in [3.8, 4) is 0 Å². The van der Waals surface area contributed by atoms with Crippen molar-refractivity contribution in [3.05, 3.63) is 29.6 Å². The van der Waals surface area contributed by atoms with Gasteiger partial charge in [-0.3, -0.25) is 4.79 Å². The van der Waals surface area contributed by atoms with Gasteiger partial charge in [0, 0.05) is 11.6 Å². The highest BCUT2D eigenvalue weighted by molar-refractivity contribution is 5.95. The molecule has 0 bridgehead atoms. The summed E-state index contributed by atoms with van der Waals surface area (Å²) in [5.74, 6) is -0.0943. The monoisotopic (exact) mass is 252 g/mol. The number of halogens is 1. The van der Waals surface area contributed by atoms with Crippen LogP contribution in [0.2, 0.25) is 0 Å². The predicted molar refractivity (Wildman–Crippen MR) is 71.8 cm³/mol. The lowest BCUT2D eigenvalue weighted by Crippen LogP contribution is -2.32. The maximum atomic E-state index is 13.0. The summed E-state index contributed by atoms with van der Waals surface area (Å²) in [7, 11) is 0. The Kier molecular flexibility index (Phi) is 5.13. The van der Waals surface area contributed by atoms with Gasteiger partial charge in [-0.25, -0.2) is 4.39 Å². The predicted octanol–water partition coefficient (Wildman–Crippen LogP) is 2.96. The van der Waals surface area contributed by atoms with E-state index in [1.54, 1.807) is 0 Å². The van der Waals surface area contributed by atoms with Gasteiger partial charge in [0.2, 0.25) is 0 Å². The lowest BCUT2D eigenvalue weighted by Gasteiger charge is -2.15. The highest BCUT2D eigenvalue weighted by Crippen LogP contribution is 2.13. The van der Waals surface area contributed by atoms with Gasteiger partial charge in [0.1, 0.15) is 5.82 Å². The fourth-order valence-electron chi connectivity index (χ4n) is 1.65. The zero-order valence-electron chi connectivity index (χ0n) is 11.2. The van der Waals surface area contributed by atoms with Crippen LogP contribution in [0.5, 0.6) is 0 Å². The third-order valence-corrected chi connectivity index (χ3v) is 2.81. The molecule has 1 amide bonds. The number of nitrogens with one attached hydrogen (secondary N) is 1. The van der Waals surface area contributed by atoms with Crippen LogP contribution in [0.3, 0.4) is 0 Å². The molecule has 1 atom stereocenters. The molecular weight excluding hydrogens is 231 g/mol. The third kappa shape index (κ3) is 4.35. The average Bonchev–Trinajstić information content (AvgIpc) is 2.30. The molecule has 1 aromatic carbocycles. The smallest absolute Gasteiger partial charge is 0.251 e. The number of anilines is 1. The normalized spacial score (nSPS) is 12.5. The Morgan fingerprint density at radius 3 is 2.56 bits per heavy atom. The quantitative estimate of drug-likeness (QED) is 0.792. The molecular formula is C14H21FN2O. The SMILES string of the molecule is CC(C)CCC(C)NC(=O)c1ccc(F)c(N)c1. The van der Waals surface area contributed by atoms with Crippen LogP contribution in [0.15, 0.2) is 18.2 Å². The molecule has 18 heavy (non-hydrogen) atoms. The zero-order chi connectivity index (χ0) is 13.7. The number of carbonyl (C=O) groups is 1. The van der Waals surface area contributed by atoms with Crippen LogP contribution in [0, 0.1) is 11.7 Å². The van der Waals surface area contributed by atoms with E-state index in [2.05, 4.69) is 19.2 Å². The van der Waals surface area contributed by atoms with Crippen molar-refractivity contribution in [1.29, 1.82) is 0 Å². The van der Waals surface area contributed by atoms with E-state index >= 15 is 0 Å². The van der Waals surface area contributed by atoms with Crippen molar-refractivity contribution >= 4 is 11.6 Å². The summed E-state index contributed by atoms with van der Waals surface area (Å²) in [5, 5.41) is 2.88. The molecule has 1 aromatic rings. The number of hydrogen-bond acceptors (Lipinski definition) is 2. The highest BCUT2D eigenvalue weighted by atomic mass is 19.1. The van der Waals surface area contributed by atoms with Crippen molar-refractivity contribution in [2.24, 2.45) is 5.92 Å². The Hall–Kier alpha value is -1.58. The minimum absolute atomic E-state index is 0.00233. The van der Waals surface area contributed by atoms with Crippen LogP contribution in [0.4, 0.5) is 10.1 Å². The lowest BCUT2D eigenvalue weighted by atomic mass is 10.0. The largest absolute Gasteiger partial charge is 0.396 e.